The van der Waals surface area contributed by atoms with Crippen molar-refractivity contribution in [1.82, 2.24) is 5.32 Å². The lowest BCUT2D eigenvalue weighted by Gasteiger charge is -2.35. The second kappa shape index (κ2) is 8.03. The van der Waals surface area contributed by atoms with E-state index in [0.717, 1.165) is 28.2 Å². The van der Waals surface area contributed by atoms with Gasteiger partial charge in [0.15, 0.2) is 5.78 Å². The molecule has 2 amide bonds. The van der Waals surface area contributed by atoms with Crippen molar-refractivity contribution in [3.05, 3.63) is 76.2 Å². The smallest absolute Gasteiger partial charge is 0.326 e. The highest BCUT2D eigenvalue weighted by molar-refractivity contribution is 6.21. The minimum Gasteiger partial charge on any atom is -0.326 e. The summed E-state index contributed by atoms with van der Waals surface area (Å²) in [5, 5.41) is 1.75. The summed E-state index contributed by atoms with van der Waals surface area (Å²) in [6.07, 6.45) is -5.62. The molecule has 2 aromatic carbocycles. The number of Topliss-reactive ketones (excluding diaryl/α,β-unsaturated/α-hetero) is 1. The molecule has 9 heteroatoms. The maximum absolute atomic E-state index is 14.9. The van der Waals surface area contributed by atoms with Crippen molar-refractivity contribution < 1.29 is 31.9 Å². The molecule has 1 aliphatic heterocycles. The van der Waals surface area contributed by atoms with Crippen molar-refractivity contribution in [2.45, 2.75) is 52.3 Å². The van der Waals surface area contributed by atoms with Crippen LogP contribution in [0.5, 0.6) is 0 Å². The zero-order chi connectivity index (χ0) is 25.9. The molecular weight excluding hydrogens is 464 g/mol. The average Bonchev–Trinajstić information content (AvgIpc) is 2.98. The van der Waals surface area contributed by atoms with E-state index in [1.165, 1.54) is 18.2 Å². The summed E-state index contributed by atoms with van der Waals surface area (Å²) in [4.78, 5) is 40.8. The predicted molar refractivity (Wildman–Crippen MR) is 121 cm³/mol. The van der Waals surface area contributed by atoms with Crippen LogP contribution in [0.1, 0.15) is 48.2 Å². The van der Waals surface area contributed by atoms with Gasteiger partial charge < -0.3 is 5.32 Å². The number of nitrogens with one attached hydrogen (secondary N) is 1. The summed E-state index contributed by atoms with van der Waals surface area (Å²) in [7, 11) is 0. The van der Waals surface area contributed by atoms with Gasteiger partial charge in [-0.25, -0.2) is 4.39 Å². The van der Waals surface area contributed by atoms with Crippen molar-refractivity contribution >= 4 is 23.3 Å². The highest BCUT2D eigenvalue weighted by Crippen LogP contribution is 2.53. The summed E-state index contributed by atoms with van der Waals surface area (Å²) < 4.78 is 58.9. The Kier molecular flexibility index (Phi) is 5.65. The Hall–Kier alpha value is -3.49. The zero-order valence-electron chi connectivity index (χ0n) is 19.6. The maximum atomic E-state index is 14.9. The lowest BCUT2D eigenvalue weighted by Crippen LogP contribution is -2.66. The van der Waals surface area contributed by atoms with E-state index >= 15 is 0 Å². The van der Waals surface area contributed by atoms with Crippen LogP contribution in [0.15, 0.2) is 53.7 Å². The molecule has 0 aromatic heterocycles. The Balaban J connectivity index is 1.97. The van der Waals surface area contributed by atoms with Crippen LogP contribution in [0.2, 0.25) is 0 Å². The second-order valence-corrected chi connectivity index (χ2v) is 9.85. The summed E-state index contributed by atoms with van der Waals surface area (Å²) in [6, 6.07) is 9.23. The number of rotatable bonds is 3. The van der Waals surface area contributed by atoms with Gasteiger partial charge in [-0.1, -0.05) is 32.0 Å². The van der Waals surface area contributed by atoms with E-state index in [4.69, 9.17) is 0 Å². The van der Waals surface area contributed by atoms with Crippen molar-refractivity contribution in [2.75, 3.05) is 4.90 Å². The number of alkyl halides is 3. The van der Waals surface area contributed by atoms with Crippen LogP contribution in [-0.4, -0.2) is 29.3 Å². The second-order valence-electron chi connectivity index (χ2n) is 9.85. The number of hydrogen-bond donors (Lipinski definition) is 1. The number of aryl methyl sites for hydroxylation is 2. The van der Waals surface area contributed by atoms with Gasteiger partial charge in [-0.3, -0.25) is 19.3 Å². The van der Waals surface area contributed by atoms with E-state index in [9.17, 15) is 31.9 Å². The minimum atomic E-state index is -5.38. The molecule has 1 atom stereocenters. The first-order chi connectivity index (χ1) is 16.2. The van der Waals surface area contributed by atoms with Gasteiger partial charge in [0.1, 0.15) is 5.82 Å². The number of amides is 2. The third kappa shape index (κ3) is 3.83. The van der Waals surface area contributed by atoms with Gasteiger partial charge in [-0.2, -0.15) is 13.2 Å². The van der Waals surface area contributed by atoms with Crippen molar-refractivity contribution in [2.24, 2.45) is 5.41 Å². The Morgan fingerprint density at radius 3 is 2.26 bits per heavy atom. The summed E-state index contributed by atoms with van der Waals surface area (Å²) in [5.74, 6) is -4.90. The Bertz CT molecular complexity index is 1300. The SMILES string of the molecule is Cc1ccc(N2C(=O)[C@](NC(=O)c3ccccc3F)(C(F)(F)F)C3=C2CC(C)(C)CC3=O)cc1C. The van der Waals surface area contributed by atoms with Crippen LogP contribution >= 0.6 is 0 Å². The van der Waals surface area contributed by atoms with Crippen LogP contribution in [0.25, 0.3) is 0 Å². The quantitative estimate of drug-likeness (QED) is 0.607. The van der Waals surface area contributed by atoms with Crippen LogP contribution in [-0.2, 0) is 9.59 Å². The molecule has 0 saturated carbocycles. The molecule has 1 heterocycles. The lowest BCUT2D eigenvalue weighted by molar-refractivity contribution is -0.186. The molecule has 1 aliphatic carbocycles. The molecular formula is C26H24F4N2O3. The fourth-order valence-electron chi connectivity index (χ4n) is 4.77. The van der Waals surface area contributed by atoms with Gasteiger partial charge in [-0.05, 0) is 61.1 Å². The maximum Gasteiger partial charge on any atom is 0.425 e. The number of hydrogen-bond acceptors (Lipinski definition) is 3. The van der Waals surface area contributed by atoms with Gasteiger partial charge in [0.05, 0.1) is 11.1 Å². The first-order valence-corrected chi connectivity index (χ1v) is 11.0. The molecule has 4 rings (SSSR count). The third-order valence-corrected chi connectivity index (χ3v) is 6.61. The van der Waals surface area contributed by atoms with Gasteiger partial charge in [0, 0.05) is 17.8 Å². The van der Waals surface area contributed by atoms with E-state index in [1.807, 2.05) is 6.92 Å². The fourth-order valence-corrected chi connectivity index (χ4v) is 4.77. The van der Waals surface area contributed by atoms with Crippen LogP contribution in [0.3, 0.4) is 0 Å². The monoisotopic (exact) mass is 488 g/mol. The standard InChI is InChI=1S/C26H24F4N2O3/c1-14-9-10-16(11-15(14)2)32-19-12-24(3,4)13-20(33)21(19)25(23(32)35,26(28,29)30)31-22(34)17-7-5-6-8-18(17)27/h5-11H,12-13H2,1-4H3,(H,31,34)/t25-/m0/s1. The number of carbonyl (C=O) groups excluding carboxylic acids is 3. The normalized spacial score (nSPS) is 21.9. The van der Waals surface area contributed by atoms with E-state index in [-0.39, 0.29) is 24.2 Å². The molecule has 1 N–H and O–H groups in total. The molecule has 184 valence electrons. The molecule has 35 heavy (non-hydrogen) atoms. The van der Waals surface area contributed by atoms with Gasteiger partial charge in [-0.15, -0.1) is 0 Å². The molecule has 2 aromatic rings. The first kappa shape index (κ1) is 24.6. The Morgan fingerprint density at radius 2 is 1.66 bits per heavy atom. The molecule has 0 spiro atoms. The largest absolute Gasteiger partial charge is 0.425 e. The van der Waals surface area contributed by atoms with Crippen LogP contribution in [0.4, 0.5) is 23.2 Å². The number of carbonyl (C=O) groups is 3. The Labute approximate surface area is 199 Å². The van der Waals surface area contributed by atoms with E-state index in [1.54, 1.807) is 38.2 Å². The first-order valence-electron chi connectivity index (χ1n) is 11.0. The highest BCUT2D eigenvalue weighted by atomic mass is 19.4. The number of benzene rings is 2. The third-order valence-electron chi connectivity index (χ3n) is 6.61. The zero-order valence-corrected chi connectivity index (χ0v) is 19.6. The minimum absolute atomic E-state index is 0.000135. The van der Waals surface area contributed by atoms with Crippen molar-refractivity contribution in [3.63, 3.8) is 0 Å². The molecule has 0 fully saturated rings. The number of nitrogens with zero attached hydrogens (tertiary/aromatic N) is 1. The molecule has 0 saturated heterocycles. The topological polar surface area (TPSA) is 66.5 Å². The molecule has 0 bridgehead atoms. The Morgan fingerprint density at radius 1 is 1.00 bits per heavy atom. The average molecular weight is 488 g/mol. The predicted octanol–water partition coefficient (Wildman–Crippen LogP) is 5.16. The summed E-state index contributed by atoms with van der Waals surface area (Å²) in [6.45, 7) is 7.02. The fraction of sp³-hybridized carbons (Fsp3) is 0.346. The molecule has 2 aliphatic rings. The van der Waals surface area contributed by atoms with Gasteiger partial charge >= 0.3 is 6.18 Å². The summed E-state index contributed by atoms with van der Waals surface area (Å²) >= 11 is 0. The molecule has 0 unspecified atom stereocenters. The van der Waals surface area contributed by atoms with E-state index in [0.29, 0.717) is 0 Å². The van der Waals surface area contributed by atoms with Crippen molar-refractivity contribution in [1.29, 1.82) is 0 Å². The van der Waals surface area contributed by atoms with Crippen molar-refractivity contribution in [3.8, 4) is 0 Å². The molecule has 0 radical (unpaired) electrons. The molecule has 5 nitrogen and oxygen atoms in total. The van der Waals surface area contributed by atoms with Gasteiger partial charge in [0.2, 0.25) is 5.54 Å². The van der Waals surface area contributed by atoms with Crippen LogP contribution in [0, 0.1) is 25.1 Å². The number of ketones is 1. The van der Waals surface area contributed by atoms with E-state index in [2.05, 4.69) is 0 Å². The highest BCUT2D eigenvalue weighted by Gasteiger charge is 2.72. The lowest BCUT2D eigenvalue weighted by atomic mass is 9.72. The number of halogens is 4. The van der Waals surface area contributed by atoms with E-state index < -0.39 is 51.7 Å². The van der Waals surface area contributed by atoms with Gasteiger partial charge in [0.25, 0.3) is 11.8 Å². The van der Waals surface area contributed by atoms with Crippen LogP contribution < -0.4 is 10.2 Å². The number of anilines is 1. The summed E-state index contributed by atoms with van der Waals surface area (Å²) in [5.41, 5.74) is -4.19. The number of allylic oxidation sites excluding steroid dienone is 1.